The molecule has 0 N–H and O–H groups in total. The van der Waals surface area contributed by atoms with Crippen LogP contribution >= 0.6 is 0 Å². The van der Waals surface area contributed by atoms with Crippen molar-refractivity contribution in [2.45, 2.75) is 0 Å². The van der Waals surface area contributed by atoms with Crippen LogP contribution in [-0.4, -0.2) is 13.7 Å². The summed E-state index contributed by atoms with van der Waals surface area (Å²) in [6, 6.07) is 40.2. The first-order valence-electron chi connectivity index (χ1n) is 21.3. The Bertz CT molecular complexity index is 3560. The molecule has 51 heavy (non-hydrogen) atoms. The van der Waals surface area contributed by atoms with Gasteiger partial charge in [-0.3, -0.25) is 0 Å². The van der Waals surface area contributed by atoms with Gasteiger partial charge < -0.3 is 13.7 Å². The fourth-order valence-corrected chi connectivity index (χ4v) is 7.89. The maximum atomic E-state index is 9.51. The second kappa shape index (κ2) is 10.8. The molecule has 0 aliphatic carbocycles. The molecular weight excluding hydrogens is 619 g/mol. The average molecular weight is 659 g/mol. The molecule has 3 heterocycles. The predicted octanol–water partition coefficient (Wildman–Crippen LogP) is 12.6. The summed E-state index contributed by atoms with van der Waals surface area (Å²) in [5.74, 6) is 0. The molecule has 3 aromatic heterocycles. The largest absolute Gasteiger partial charge is 0.309 e. The van der Waals surface area contributed by atoms with Crippen LogP contribution in [0, 0.1) is 0 Å². The summed E-state index contributed by atoms with van der Waals surface area (Å²) in [4.78, 5) is 0. The van der Waals surface area contributed by atoms with E-state index in [1.54, 1.807) is 4.57 Å². The maximum Gasteiger partial charge on any atom is 0.0782 e. The van der Waals surface area contributed by atoms with Crippen LogP contribution in [0.5, 0.6) is 0 Å². The second-order valence-corrected chi connectivity index (χ2v) is 12.7. The number of hydrogen-bond donors (Lipinski definition) is 0. The molecule has 0 fully saturated rings. The Kier molecular flexibility index (Phi) is 4.38. The lowest BCUT2D eigenvalue weighted by atomic mass is 10.1. The van der Waals surface area contributed by atoms with Crippen LogP contribution in [-0.2, 0) is 0 Å². The molecule has 11 rings (SSSR count). The second-order valence-electron chi connectivity index (χ2n) is 12.7. The molecule has 8 aromatic carbocycles. The van der Waals surface area contributed by atoms with E-state index in [0.29, 0.717) is 11.0 Å². The highest BCUT2D eigenvalue weighted by molar-refractivity contribution is 6.16. The molecule has 0 spiro atoms. The number of hydrogen-bond acceptors (Lipinski definition) is 0. The third-order valence-corrected chi connectivity index (χ3v) is 10.00. The van der Waals surface area contributed by atoms with Crippen molar-refractivity contribution in [2.24, 2.45) is 0 Å². The van der Waals surface area contributed by atoms with E-state index in [1.807, 2.05) is 54.6 Å². The molecule has 0 saturated carbocycles. The van der Waals surface area contributed by atoms with Gasteiger partial charge in [-0.05, 0) is 65.7 Å². The van der Waals surface area contributed by atoms with Crippen LogP contribution in [0.4, 0.5) is 0 Å². The van der Waals surface area contributed by atoms with Crippen LogP contribution in [0.15, 0.2) is 188 Å². The lowest BCUT2D eigenvalue weighted by Crippen LogP contribution is -2.01. The SMILES string of the molecule is [2H]c1c([2H])c([2H])c(-c2c([2H])c([2H])c(-n3c4ccccc4c4cccc(-n5c6ccccc6c6ccc(-n7c8ccccc8c8ccccc87)cc65)c43)c([2H])c2[2H])c([2H])c1[2H]. The van der Waals surface area contributed by atoms with E-state index in [-0.39, 0.29) is 16.8 Å². The van der Waals surface area contributed by atoms with Crippen LogP contribution in [0.25, 0.3) is 93.6 Å². The Morgan fingerprint density at radius 3 is 1.45 bits per heavy atom. The first-order valence-corrected chi connectivity index (χ1v) is 16.8. The van der Waals surface area contributed by atoms with Gasteiger partial charge in [0.05, 0.1) is 51.1 Å². The van der Waals surface area contributed by atoms with Crippen molar-refractivity contribution in [1.82, 2.24) is 13.7 Å². The van der Waals surface area contributed by atoms with Gasteiger partial charge >= 0.3 is 0 Å². The van der Waals surface area contributed by atoms with Crippen molar-refractivity contribution in [1.29, 1.82) is 0 Å². The fourth-order valence-electron chi connectivity index (χ4n) is 7.89. The molecule has 0 unspecified atom stereocenters. The molecule has 0 aliphatic heterocycles. The Labute approximate surface area is 307 Å². The van der Waals surface area contributed by atoms with Gasteiger partial charge in [0.25, 0.3) is 0 Å². The summed E-state index contributed by atoms with van der Waals surface area (Å²) in [6.45, 7) is 0. The lowest BCUT2D eigenvalue weighted by Gasteiger charge is -2.15. The number of benzene rings is 8. The van der Waals surface area contributed by atoms with Gasteiger partial charge in [0.2, 0.25) is 0 Å². The summed E-state index contributed by atoms with van der Waals surface area (Å²) in [6.07, 6.45) is 0. The number of fused-ring (bicyclic) bond motifs is 9. The maximum absolute atomic E-state index is 9.51. The quantitative estimate of drug-likeness (QED) is 0.179. The van der Waals surface area contributed by atoms with Crippen LogP contribution < -0.4 is 0 Å². The monoisotopic (exact) mass is 658 g/mol. The molecule has 0 saturated heterocycles. The van der Waals surface area contributed by atoms with Crippen molar-refractivity contribution in [3.63, 3.8) is 0 Å². The molecule has 0 amide bonds. The Morgan fingerprint density at radius 1 is 0.333 bits per heavy atom. The lowest BCUT2D eigenvalue weighted by molar-refractivity contribution is 1.12. The number of rotatable bonds is 4. The molecule has 0 atom stereocenters. The third-order valence-electron chi connectivity index (χ3n) is 10.00. The topological polar surface area (TPSA) is 14.8 Å². The van der Waals surface area contributed by atoms with Gasteiger partial charge in [-0.2, -0.15) is 0 Å². The van der Waals surface area contributed by atoms with E-state index in [1.165, 1.54) is 0 Å². The van der Waals surface area contributed by atoms with E-state index in [2.05, 4.69) is 88.0 Å². The summed E-state index contributed by atoms with van der Waals surface area (Å²) >= 11 is 0. The van der Waals surface area contributed by atoms with E-state index >= 15 is 0 Å². The molecule has 0 bridgehead atoms. The number of aromatic nitrogens is 3. The molecule has 0 aliphatic rings. The molecule has 3 heteroatoms. The van der Waals surface area contributed by atoms with Gasteiger partial charge in [0.15, 0.2) is 0 Å². The number of nitrogens with zero attached hydrogens (tertiary/aromatic N) is 3. The highest BCUT2D eigenvalue weighted by Crippen LogP contribution is 2.41. The van der Waals surface area contributed by atoms with Gasteiger partial charge in [-0.15, -0.1) is 0 Å². The summed E-state index contributed by atoms with van der Waals surface area (Å²) in [5.41, 5.74) is 6.30. The van der Waals surface area contributed by atoms with Gasteiger partial charge in [-0.25, -0.2) is 0 Å². The Morgan fingerprint density at radius 2 is 0.824 bits per heavy atom. The van der Waals surface area contributed by atoms with Gasteiger partial charge in [-0.1, -0.05) is 133 Å². The summed E-state index contributed by atoms with van der Waals surface area (Å²) in [7, 11) is 0. The minimum absolute atomic E-state index is 0.0218. The number of para-hydroxylation sites is 5. The molecule has 3 nitrogen and oxygen atoms in total. The normalized spacial score (nSPS) is 14.4. The van der Waals surface area contributed by atoms with E-state index < -0.39 is 54.4 Å². The molecular formula is C48H31N3. The zero-order chi connectivity index (χ0) is 41.3. The van der Waals surface area contributed by atoms with Crippen LogP contribution in [0.1, 0.15) is 12.3 Å². The van der Waals surface area contributed by atoms with Crippen molar-refractivity contribution in [3.05, 3.63) is 188 Å². The van der Waals surface area contributed by atoms with E-state index in [4.69, 9.17) is 6.85 Å². The summed E-state index contributed by atoms with van der Waals surface area (Å²) in [5, 5.41) is 6.04. The Hall–Kier alpha value is -6.84. The van der Waals surface area contributed by atoms with E-state index in [0.717, 1.165) is 65.8 Å². The average Bonchev–Trinajstić information content (AvgIpc) is 3.91. The molecule has 238 valence electrons. The van der Waals surface area contributed by atoms with Crippen LogP contribution in [0.3, 0.4) is 0 Å². The molecule has 11 aromatic rings. The highest BCUT2D eigenvalue weighted by Gasteiger charge is 2.21. The minimum Gasteiger partial charge on any atom is -0.309 e. The summed E-state index contributed by atoms with van der Waals surface area (Å²) < 4.78 is 85.8. The van der Waals surface area contributed by atoms with Crippen molar-refractivity contribution >= 4 is 65.4 Å². The predicted molar refractivity (Wildman–Crippen MR) is 215 cm³/mol. The zero-order valence-corrected chi connectivity index (χ0v) is 27.0. The van der Waals surface area contributed by atoms with Gasteiger partial charge in [0, 0.05) is 43.7 Å². The van der Waals surface area contributed by atoms with Gasteiger partial charge in [0.1, 0.15) is 0 Å². The van der Waals surface area contributed by atoms with Crippen LogP contribution in [0.2, 0.25) is 0 Å². The Balaban J connectivity index is 1.25. The van der Waals surface area contributed by atoms with Crippen molar-refractivity contribution in [3.8, 4) is 28.2 Å². The third kappa shape index (κ3) is 4.06. The first kappa shape index (κ1) is 20.6. The minimum atomic E-state index is -0.619. The van der Waals surface area contributed by atoms with Crippen molar-refractivity contribution in [2.75, 3.05) is 0 Å². The highest BCUT2D eigenvalue weighted by atomic mass is 15.1. The smallest absolute Gasteiger partial charge is 0.0782 e. The van der Waals surface area contributed by atoms with E-state index in [9.17, 15) is 5.48 Å². The zero-order valence-electron chi connectivity index (χ0n) is 36.0. The van der Waals surface area contributed by atoms with Crippen molar-refractivity contribution < 1.29 is 12.3 Å². The first-order chi connectivity index (χ1) is 29.1. The fraction of sp³-hybridized carbons (Fsp3) is 0. The molecule has 0 radical (unpaired) electrons. The standard InChI is InChI=1S/C48H31N3/c1-2-13-32(14-3-1)33-25-27-34(28-26-33)50-44-22-10-7-18-39(44)41-19-12-24-46(48(41)50)51-45-23-11-6-17-38(45)40-30-29-35(31-47(40)51)49-42-20-8-4-15-36(42)37-16-5-9-21-43(37)49/h1-31H/i1D,2D,3D,13D,14D,25D,26D,27D,28D.